The molecule has 8 nitrogen and oxygen atoms in total. The van der Waals surface area contributed by atoms with Gasteiger partial charge < -0.3 is 10.2 Å². The SMILES string of the molecule is N#CC1CNCCN1Cc1ccc2c(c1)CN(C1CCC(=O)NC1=O)C2=O. The number of rotatable bonds is 3. The van der Waals surface area contributed by atoms with Crippen LogP contribution in [0.1, 0.15) is 34.3 Å². The number of imide groups is 1. The first-order valence-electron chi connectivity index (χ1n) is 9.17. The van der Waals surface area contributed by atoms with Crippen LogP contribution in [0.2, 0.25) is 0 Å². The molecule has 0 saturated carbocycles. The molecule has 2 fully saturated rings. The largest absolute Gasteiger partial charge is 0.322 e. The molecule has 1 aromatic carbocycles. The zero-order chi connectivity index (χ0) is 19.0. The lowest BCUT2D eigenvalue weighted by Crippen LogP contribution is -2.52. The first kappa shape index (κ1) is 17.6. The lowest BCUT2D eigenvalue weighted by atomic mass is 10.0. The second-order valence-corrected chi connectivity index (χ2v) is 7.21. The zero-order valence-corrected chi connectivity index (χ0v) is 14.9. The van der Waals surface area contributed by atoms with Crippen molar-refractivity contribution in [2.24, 2.45) is 0 Å². The molecule has 3 aliphatic heterocycles. The molecule has 140 valence electrons. The van der Waals surface area contributed by atoms with Crippen LogP contribution >= 0.6 is 0 Å². The van der Waals surface area contributed by atoms with Gasteiger partial charge in [-0.3, -0.25) is 24.6 Å². The van der Waals surface area contributed by atoms with E-state index >= 15 is 0 Å². The van der Waals surface area contributed by atoms with Crippen molar-refractivity contribution in [2.75, 3.05) is 19.6 Å². The Hall–Kier alpha value is -2.76. The van der Waals surface area contributed by atoms with E-state index in [1.165, 1.54) is 0 Å². The Balaban J connectivity index is 1.50. The van der Waals surface area contributed by atoms with Crippen molar-refractivity contribution in [2.45, 2.75) is 38.0 Å². The molecule has 0 radical (unpaired) electrons. The van der Waals surface area contributed by atoms with Crippen LogP contribution in [0.5, 0.6) is 0 Å². The number of piperazine rings is 1. The average Bonchev–Trinajstić information content (AvgIpc) is 2.98. The summed E-state index contributed by atoms with van der Waals surface area (Å²) < 4.78 is 0. The zero-order valence-electron chi connectivity index (χ0n) is 14.9. The monoisotopic (exact) mass is 367 g/mol. The van der Waals surface area contributed by atoms with Crippen LogP contribution in [0.3, 0.4) is 0 Å². The minimum Gasteiger partial charge on any atom is -0.322 e. The molecular formula is C19H21N5O3. The summed E-state index contributed by atoms with van der Waals surface area (Å²) in [5.41, 5.74) is 2.56. The van der Waals surface area contributed by atoms with Gasteiger partial charge in [-0.2, -0.15) is 5.26 Å². The minimum atomic E-state index is -0.595. The third-order valence-corrected chi connectivity index (χ3v) is 5.48. The van der Waals surface area contributed by atoms with E-state index in [4.69, 9.17) is 0 Å². The highest BCUT2D eigenvalue weighted by molar-refractivity contribution is 6.05. The summed E-state index contributed by atoms with van der Waals surface area (Å²) in [5, 5.41) is 14.8. The fourth-order valence-electron chi connectivity index (χ4n) is 4.02. The highest BCUT2D eigenvalue weighted by atomic mass is 16.2. The molecule has 4 rings (SSSR count). The number of carbonyl (C=O) groups is 3. The Kier molecular flexibility index (Phi) is 4.64. The van der Waals surface area contributed by atoms with Gasteiger partial charge in [-0.25, -0.2) is 0 Å². The number of hydrogen-bond donors (Lipinski definition) is 2. The van der Waals surface area contributed by atoms with E-state index in [9.17, 15) is 19.6 Å². The van der Waals surface area contributed by atoms with Gasteiger partial charge in [0.05, 0.1) is 6.07 Å². The molecule has 0 bridgehead atoms. The molecule has 2 atom stereocenters. The highest BCUT2D eigenvalue weighted by Gasteiger charge is 2.39. The molecule has 27 heavy (non-hydrogen) atoms. The molecule has 1 aromatic rings. The number of nitrogens with zero attached hydrogens (tertiary/aromatic N) is 3. The molecule has 0 spiro atoms. The van der Waals surface area contributed by atoms with Crippen molar-refractivity contribution in [1.29, 1.82) is 5.26 Å². The normalized spacial score (nSPS) is 25.9. The van der Waals surface area contributed by atoms with Crippen LogP contribution in [-0.4, -0.2) is 59.2 Å². The molecule has 3 heterocycles. The van der Waals surface area contributed by atoms with Crippen molar-refractivity contribution in [3.63, 3.8) is 0 Å². The standard InChI is InChI=1S/C19H21N5O3/c20-8-14-9-21-5-6-23(14)10-12-1-2-15-13(7-12)11-24(19(15)27)16-3-4-17(25)22-18(16)26/h1-2,7,14,16,21H,3-6,9-11H2,(H,22,25,26). The molecule has 3 amide bonds. The lowest BCUT2D eigenvalue weighted by Gasteiger charge is -2.31. The van der Waals surface area contributed by atoms with Gasteiger partial charge in [0.25, 0.3) is 5.91 Å². The summed E-state index contributed by atoms with van der Waals surface area (Å²) in [4.78, 5) is 39.9. The second kappa shape index (κ2) is 7.10. The Labute approximate surface area is 157 Å². The Morgan fingerprint density at radius 2 is 2.11 bits per heavy atom. The van der Waals surface area contributed by atoms with Crippen LogP contribution in [0, 0.1) is 11.3 Å². The van der Waals surface area contributed by atoms with Gasteiger partial charge in [0.2, 0.25) is 11.8 Å². The number of nitriles is 1. The molecule has 8 heteroatoms. The van der Waals surface area contributed by atoms with Crippen molar-refractivity contribution in [1.82, 2.24) is 20.4 Å². The van der Waals surface area contributed by atoms with Crippen molar-refractivity contribution < 1.29 is 14.4 Å². The van der Waals surface area contributed by atoms with Gasteiger partial charge >= 0.3 is 0 Å². The van der Waals surface area contributed by atoms with Gasteiger partial charge in [-0.1, -0.05) is 12.1 Å². The van der Waals surface area contributed by atoms with Crippen LogP contribution in [-0.2, 0) is 22.7 Å². The van der Waals surface area contributed by atoms with Crippen LogP contribution in [0.15, 0.2) is 18.2 Å². The molecule has 0 aliphatic carbocycles. The van der Waals surface area contributed by atoms with Gasteiger partial charge in [0.15, 0.2) is 0 Å². The first-order chi connectivity index (χ1) is 13.1. The van der Waals surface area contributed by atoms with E-state index < -0.39 is 11.9 Å². The summed E-state index contributed by atoms with van der Waals surface area (Å²) in [7, 11) is 0. The van der Waals surface area contributed by atoms with Crippen molar-refractivity contribution >= 4 is 17.7 Å². The summed E-state index contributed by atoms with van der Waals surface area (Å²) in [6, 6.07) is 7.29. The number of amides is 3. The highest BCUT2D eigenvalue weighted by Crippen LogP contribution is 2.28. The maximum absolute atomic E-state index is 12.7. The van der Waals surface area contributed by atoms with E-state index in [1.807, 2.05) is 18.2 Å². The van der Waals surface area contributed by atoms with E-state index in [-0.39, 0.29) is 24.3 Å². The van der Waals surface area contributed by atoms with Gasteiger partial charge in [0, 0.05) is 44.7 Å². The summed E-state index contributed by atoms with van der Waals surface area (Å²) in [5.74, 6) is -0.848. The fourth-order valence-corrected chi connectivity index (χ4v) is 4.02. The number of hydrogen-bond acceptors (Lipinski definition) is 6. The molecular weight excluding hydrogens is 346 g/mol. The molecule has 3 aliphatic rings. The average molecular weight is 367 g/mol. The molecule has 2 unspecified atom stereocenters. The van der Waals surface area contributed by atoms with E-state index in [1.54, 1.807) is 4.90 Å². The third kappa shape index (κ3) is 3.31. The van der Waals surface area contributed by atoms with Gasteiger partial charge in [-0.05, 0) is 23.6 Å². The van der Waals surface area contributed by atoms with Crippen molar-refractivity contribution in [3.05, 3.63) is 34.9 Å². The van der Waals surface area contributed by atoms with E-state index in [2.05, 4.69) is 21.6 Å². The maximum Gasteiger partial charge on any atom is 0.255 e. The van der Waals surface area contributed by atoms with Gasteiger partial charge in [0.1, 0.15) is 12.1 Å². The van der Waals surface area contributed by atoms with E-state index in [0.29, 0.717) is 31.6 Å². The number of carbonyl (C=O) groups excluding carboxylic acids is 3. The smallest absolute Gasteiger partial charge is 0.255 e. The maximum atomic E-state index is 12.7. The second-order valence-electron chi connectivity index (χ2n) is 7.21. The molecule has 2 saturated heterocycles. The number of benzene rings is 1. The molecule has 2 N–H and O–H groups in total. The minimum absolute atomic E-state index is 0.159. The number of nitrogens with one attached hydrogen (secondary N) is 2. The Morgan fingerprint density at radius 3 is 2.89 bits per heavy atom. The van der Waals surface area contributed by atoms with Gasteiger partial charge in [-0.15, -0.1) is 0 Å². The topological polar surface area (TPSA) is 106 Å². The Bertz CT molecular complexity index is 846. The quantitative estimate of drug-likeness (QED) is 0.714. The lowest BCUT2D eigenvalue weighted by molar-refractivity contribution is -0.136. The van der Waals surface area contributed by atoms with E-state index in [0.717, 1.165) is 24.2 Å². The predicted molar refractivity (Wildman–Crippen MR) is 95.2 cm³/mol. The van der Waals surface area contributed by atoms with Crippen LogP contribution in [0.25, 0.3) is 0 Å². The van der Waals surface area contributed by atoms with Crippen LogP contribution < -0.4 is 10.6 Å². The van der Waals surface area contributed by atoms with Crippen molar-refractivity contribution in [3.8, 4) is 6.07 Å². The number of fused-ring (bicyclic) bond motifs is 1. The fraction of sp³-hybridized carbons (Fsp3) is 0.474. The summed E-state index contributed by atoms with van der Waals surface area (Å²) in [6.45, 7) is 3.34. The summed E-state index contributed by atoms with van der Waals surface area (Å²) >= 11 is 0. The van der Waals surface area contributed by atoms with Crippen LogP contribution in [0.4, 0.5) is 0 Å². The summed E-state index contributed by atoms with van der Waals surface area (Å²) in [6.07, 6.45) is 0.613. The predicted octanol–water partition coefficient (Wildman–Crippen LogP) is -0.255. The first-order valence-corrected chi connectivity index (χ1v) is 9.17. The number of piperidine rings is 1. The third-order valence-electron chi connectivity index (χ3n) is 5.48. The Morgan fingerprint density at radius 1 is 1.26 bits per heavy atom. The molecule has 0 aromatic heterocycles.